The van der Waals surface area contributed by atoms with E-state index in [0.717, 1.165) is 61.9 Å². The number of nitrogens with one attached hydrogen (secondary N) is 3. The number of para-hydroxylation sites is 1. The quantitative estimate of drug-likeness (QED) is 0.347. The molecule has 0 spiro atoms. The molecule has 29 heavy (non-hydrogen) atoms. The second-order valence-electron chi connectivity index (χ2n) is 7.08. The highest BCUT2D eigenvalue weighted by atomic mass is 16.2. The van der Waals surface area contributed by atoms with Gasteiger partial charge in [0.25, 0.3) is 0 Å². The minimum absolute atomic E-state index is 0.219. The van der Waals surface area contributed by atoms with Gasteiger partial charge in [-0.25, -0.2) is 4.99 Å². The molecular formula is C23H31N5O. The standard InChI is InChI=1S/C23H31N5O/c1-2-24-23(26-16-7-15-25-20-8-4-3-5-9-20)27-18-19-11-13-21(14-12-19)28-17-6-10-22(28)29/h3-5,8-9,11-14,25H,2,6-7,10,15-18H2,1H3,(H2,24,26,27). The van der Waals surface area contributed by atoms with Crippen molar-refractivity contribution in [2.75, 3.05) is 36.4 Å². The van der Waals surface area contributed by atoms with Crippen molar-refractivity contribution in [1.82, 2.24) is 10.6 Å². The number of carbonyl (C=O) groups excluding carboxylic acids is 1. The van der Waals surface area contributed by atoms with E-state index in [0.29, 0.717) is 13.0 Å². The summed E-state index contributed by atoms with van der Waals surface area (Å²) >= 11 is 0. The predicted octanol–water partition coefficient (Wildman–Crippen LogP) is 3.37. The molecule has 0 unspecified atom stereocenters. The number of amides is 1. The normalized spacial score (nSPS) is 14.2. The van der Waals surface area contributed by atoms with Crippen molar-refractivity contribution in [3.8, 4) is 0 Å². The molecule has 1 aliphatic heterocycles. The summed E-state index contributed by atoms with van der Waals surface area (Å²) in [6.07, 6.45) is 2.60. The summed E-state index contributed by atoms with van der Waals surface area (Å²) in [4.78, 5) is 18.4. The maximum atomic E-state index is 11.9. The van der Waals surface area contributed by atoms with E-state index in [4.69, 9.17) is 0 Å². The Balaban J connectivity index is 1.44. The average Bonchev–Trinajstić information content (AvgIpc) is 3.18. The van der Waals surface area contributed by atoms with Gasteiger partial charge in [0.2, 0.25) is 5.91 Å². The highest BCUT2D eigenvalue weighted by Crippen LogP contribution is 2.21. The molecule has 1 heterocycles. The molecule has 3 rings (SSSR count). The Morgan fingerprint density at radius 2 is 1.83 bits per heavy atom. The third-order valence-electron chi connectivity index (χ3n) is 4.83. The van der Waals surface area contributed by atoms with Crippen molar-refractivity contribution in [1.29, 1.82) is 0 Å². The highest BCUT2D eigenvalue weighted by molar-refractivity contribution is 5.95. The van der Waals surface area contributed by atoms with Gasteiger partial charge < -0.3 is 20.9 Å². The molecule has 1 fully saturated rings. The van der Waals surface area contributed by atoms with Crippen LogP contribution in [-0.2, 0) is 11.3 Å². The van der Waals surface area contributed by atoms with Crippen molar-refractivity contribution >= 4 is 23.2 Å². The molecule has 0 atom stereocenters. The first-order valence-electron chi connectivity index (χ1n) is 10.5. The Labute approximate surface area is 173 Å². The van der Waals surface area contributed by atoms with E-state index in [9.17, 15) is 4.79 Å². The summed E-state index contributed by atoms with van der Waals surface area (Å²) in [5.41, 5.74) is 3.26. The van der Waals surface area contributed by atoms with Crippen LogP contribution in [0.2, 0.25) is 0 Å². The third kappa shape index (κ3) is 6.52. The molecule has 2 aromatic carbocycles. The molecule has 0 saturated carbocycles. The lowest BCUT2D eigenvalue weighted by molar-refractivity contribution is -0.117. The van der Waals surface area contributed by atoms with E-state index in [1.165, 1.54) is 0 Å². The Kier molecular flexibility index (Phi) is 7.92. The van der Waals surface area contributed by atoms with Crippen LogP contribution in [0.1, 0.15) is 31.7 Å². The number of nitrogens with zero attached hydrogens (tertiary/aromatic N) is 2. The van der Waals surface area contributed by atoms with Crippen LogP contribution in [0.4, 0.5) is 11.4 Å². The van der Waals surface area contributed by atoms with Crippen LogP contribution >= 0.6 is 0 Å². The predicted molar refractivity (Wildman–Crippen MR) is 120 cm³/mol. The molecule has 2 aromatic rings. The summed E-state index contributed by atoms with van der Waals surface area (Å²) < 4.78 is 0. The zero-order chi connectivity index (χ0) is 20.3. The molecule has 0 aliphatic carbocycles. The lowest BCUT2D eigenvalue weighted by Gasteiger charge is -2.16. The zero-order valence-corrected chi connectivity index (χ0v) is 17.2. The van der Waals surface area contributed by atoms with Crippen molar-refractivity contribution in [2.24, 2.45) is 4.99 Å². The smallest absolute Gasteiger partial charge is 0.227 e. The number of aliphatic imine (C=N–C) groups is 1. The SMILES string of the molecule is CCNC(=NCc1ccc(N2CCCC2=O)cc1)NCCCNc1ccccc1. The average molecular weight is 394 g/mol. The molecule has 0 aromatic heterocycles. The maximum Gasteiger partial charge on any atom is 0.227 e. The number of hydrogen-bond acceptors (Lipinski definition) is 3. The molecule has 0 bridgehead atoms. The fraction of sp³-hybridized carbons (Fsp3) is 0.391. The van der Waals surface area contributed by atoms with E-state index in [2.05, 4.69) is 52.1 Å². The van der Waals surface area contributed by atoms with Crippen LogP contribution in [0.15, 0.2) is 59.6 Å². The van der Waals surface area contributed by atoms with Gasteiger partial charge in [0.1, 0.15) is 0 Å². The first-order valence-corrected chi connectivity index (χ1v) is 10.5. The summed E-state index contributed by atoms with van der Waals surface area (Å²) in [5.74, 6) is 1.04. The van der Waals surface area contributed by atoms with E-state index >= 15 is 0 Å². The van der Waals surface area contributed by atoms with Crippen molar-refractivity contribution in [2.45, 2.75) is 32.7 Å². The number of rotatable bonds is 9. The number of anilines is 2. The van der Waals surface area contributed by atoms with Crippen molar-refractivity contribution < 1.29 is 4.79 Å². The fourth-order valence-electron chi connectivity index (χ4n) is 3.30. The second-order valence-corrected chi connectivity index (χ2v) is 7.08. The summed E-state index contributed by atoms with van der Waals surface area (Å²) in [6, 6.07) is 18.4. The first kappa shape index (κ1) is 20.7. The monoisotopic (exact) mass is 393 g/mol. The Bertz CT molecular complexity index is 789. The lowest BCUT2D eigenvalue weighted by Crippen LogP contribution is -2.38. The molecule has 0 radical (unpaired) electrons. The van der Waals surface area contributed by atoms with Gasteiger partial charge in [-0.3, -0.25) is 4.79 Å². The van der Waals surface area contributed by atoms with E-state index < -0.39 is 0 Å². The van der Waals surface area contributed by atoms with E-state index in [1.807, 2.05) is 35.2 Å². The van der Waals surface area contributed by atoms with Gasteiger partial charge in [-0.15, -0.1) is 0 Å². The molecule has 6 nitrogen and oxygen atoms in total. The largest absolute Gasteiger partial charge is 0.385 e. The van der Waals surface area contributed by atoms with Crippen molar-refractivity contribution in [3.63, 3.8) is 0 Å². The molecule has 1 aliphatic rings. The third-order valence-corrected chi connectivity index (χ3v) is 4.83. The minimum Gasteiger partial charge on any atom is -0.385 e. The molecule has 1 amide bonds. The topological polar surface area (TPSA) is 68.8 Å². The molecule has 3 N–H and O–H groups in total. The zero-order valence-electron chi connectivity index (χ0n) is 17.2. The Morgan fingerprint density at radius 3 is 2.52 bits per heavy atom. The number of benzene rings is 2. The first-order chi connectivity index (χ1) is 14.3. The van der Waals surface area contributed by atoms with Crippen LogP contribution < -0.4 is 20.9 Å². The molecular weight excluding hydrogens is 362 g/mol. The maximum absolute atomic E-state index is 11.9. The van der Waals surface area contributed by atoms with Gasteiger partial charge in [-0.05, 0) is 49.6 Å². The van der Waals surface area contributed by atoms with E-state index in [1.54, 1.807) is 0 Å². The molecule has 154 valence electrons. The molecule has 1 saturated heterocycles. The lowest BCUT2D eigenvalue weighted by atomic mass is 10.2. The summed E-state index contributed by atoms with van der Waals surface area (Å²) in [5, 5.41) is 10.1. The van der Waals surface area contributed by atoms with E-state index in [-0.39, 0.29) is 5.91 Å². The van der Waals surface area contributed by atoms with Gasteiger partial charge in [0.15, 0.2) is 5.96 Å². The van der Waals surface area contributed by atoms with Crippen LogP contribution in [0.25, 0.3) is 0 Å². The van der Waals surface area contributed by atoms with Gasteiger partial charge in [0.05, 0.1) is 6.54 Å². The van der Waals surface area contributed by atoms with Gasteiger partial charge in [-0.2, -0.15) is 0 Å². The van der Waals surface area contributed by atoms with Gasteiger partial charge in [0, 0.05) is 44.0 Å². The van der Waals surface area contributed by atoms with Crippen LogP contribution in [0.5, 0.6) is 0 Å². The number of guanidine groups is 1. The van der Waals surface area contributed by atoms with Crippen LogP contribution in [0, 0.1) is 0 Å². The van der Waals surface area contributed by atoms with Crippen molar-refractivity contribution in [3.05, 3.63) is 60.2 Å². The fourth-order valence-corrected chi connectivity index (χ4v) is 3.30. The summed E-state index contributed by atoms with van der Waals surface area (Å²) in [6.45, 7) is 6.07. The van der Waals surface area contributed by atoms with Crippen LogP contribution in [0.3, 0.4) is 0 Å². The minimum atomic E-state index is 0.219. The van der Waals surface area contributed by atoms with Gasteiger partial charge >= 0.3 is 0 Å². The Hall–Kier alpha value is -3.02. The molecule has 6 heteroatoms. The Morgan fingerprint density at radius 1 is 1.03 bits per heavy atom. The number of hydrogen-bond donors (Lipinski definition) is 3. The van der Waals surface area contributed by atoms with Gasteiger partial charge in [-0.1, -0.05) is 30.3 Å². The van der Waals surface area contributed by atoms with Crippen LogP contribution in [-0.4, -0.2) is 38.0 Å². The highest BCUT2D eigenvalue weighted by Gasteiger charge is 2.21. The summed E-state index contributed by atoms with van der Waals surface area (Å²) in [7, 11) is 0. The number of carbonyl (C=O) groups is 1. The second kappa shape index (κ2) is 11.1.